The second kappa shape index (κ2) is 7.97. The molecule has 0 aromatic heterocycles. The van der Waals surface area contributed by atoms with Crippen molar-refractivity contribution in [1.82, 2.24) is 20.4 Å². The van der Waals surface area contributed by atoms with Crippen molar-refractivity contribution in [2.75, 3.05) is 19.6 Å². The van der Waals surface area contributed by atoms with Crippen LogP contribution < -0.4 is 10.6 Å². The Bertz CT molecular complexity index is 438. The number of nitrogens with zero attached hydrogens (tertiary/aromatic N) is 2. The van der Waals surface area contributed by atoms with Crippen molar-refractivity contribution in [3.05, 3.63) is 0 Å². The van der Waals surface area contributed by atoms with E-state index in [1.54, 1.807) is 0 Å². The molecule has 2 fully saturated rings. The van der Waals surface area contributed by atoms with Crippen LogP contribution in [0, 0.1) is 11.8 Å². The average molecular weight is 357 g/mol. The van der Waals surface area contributed by atoms with Gasteiger partial charge in [0.2, 0.25) is 0 Å². The van der Waals surface area contributed by atoms with Crippen LogP contribution in [0.15, 0.2) is 0 Å². The minimum Gasteiger partial charge on any atom is -0.360 e. The summed E-state index contributed by atoms with van der Waals surface area (Å²) in [5, 5.41) is 8.59. The van der Waals surface area contributed by atoms with E-state index < -0.39 is 0 Å². The molecule has 0 aromatic rings. The van der Waals surface area contributed by atoms with Crippen molar-refractivity contribution in [3.63, 3.8) is 0 Å². The van der Waals surface area contributed by atoms with Gasteiger partial charge >= 0.3 is 0 Å². The molecule has 0 bridgehead atoms. The zero-order valence-electron chi connectivity index (χ0n) is 15.1. The standard InChI is InChI=1S/C17H32N4S2/c1-11(2)6-14-8-18-16(22)21(14)10-15(7-12(3)4)20-9-13(5)19-17(20)23/h11-15H,6-10H2,1-5H3,(H,18,22)(H,19,23). The Morgan fingerprint density at radius 3 is 2.35 bits per heavy atom. The van der Waals surface area contributed by atoms with Crippen LogP contribution in [0.2, 0.25) is 0 Å². The number of rotatable bonds is 7. The zero-order valence-corrected chi connectivity index (χ0v) is 16.8. The van der Waals surface area contributed by atoms with Crippen molar-refractivity contribution >= 4 is 34.7 Å². The van der Waals surface area contributed by atoms with Gasteiger partial charge in [-0.1, -0.05) is 27.7 Å². The normalized spacial score (nSPS) is 26.2. The summed E-state index contributed by atoms with van der Waals surface area (Å²) >= 11 is 11.1. The van der Waals surface area contributed by atoms with Crippen LogP contribution in [-0.2, 0) is 0 Å². The van der Waals surface area contributed by atoms with Crippen molar-refractivity contribution in [2.45, 2.75) is 65.6 Å². The lowest BCUT2D eigenvalue weighted by molar-refractivity contribution is 0.206. The first-order valence-electron chi connectivity index (χ1n) is 8.89. The van der Waals surface area contributed by atoms with E-state index in [0.717, 1.165) is 36.3 Å². The monoisotopic (exact) mass is 356 g/mol. The smallest absolute Gasteiger partial charge is 0.169 e. The van der Waals surface area contributed by atoms with E-state index in [1.807, 2.05) is 0 Å². The van der Waals surface area contributed by atoms with Gasteiger partial charge in [0, 0.05) is 37.8 Å². The Kier molecular flexibility index (Phi) is 6.48. The first kappa shape index (κ1) is 18.7. The minimum absolute atomic E-state index is 0.424. The molecule has 3 unspecified atom stereocenters. The third kappa shape index (κ3) is 4.92. The van der Waals surface area contributed by atoms with Crippen molar-refractivity contribution in [1.29, 1.82) is 0 Å². The highest BCUT2D eigenvalue weighted by molar-refractivity contribution is 7.80. The van der Waals surface area contributed by atoms with Crippen LogP contribution in [0.3, 0.4) is 0 Å². The van der Waals surface area contributed by atoms with Gasteiger partial charge in [0.25, 0.3) is 0 Å². The molecule has 23 heavy (non-hydrogen) atoms. The molecule has 6 heteroatoms. The maximum atomic E-state index is 5.58. The lowest BCUT2D eigenvalue weighted by Crippen LogP contribution is -2.49. The molecule has 0 amide bonds. The number of nitrogens with one attached hydrogen (secondary N) is 2. The van der Waals surface area contributed by atoms with Crippen molar-refractivity contribution in [2.24, 2.45) is 11.8 Å². The van der Waals surface area contributed by atoms with Crippen LogP contribution >= 0.6 is 24.4 Å². The maximum absolute atomic E-state index is 5.58. The maximum Gasteiger partial charge on any atom is 0.169 e. The van der Waals surface area contributed by atoms with Gasteiger partial charge < -0.3 is 20.4 Å². The van der Waals surface area contributed by atoms with Crippen LogP contribution in [-0.4, -0.2) is 57.8 Å². The lowest BCUT2D eigenvalue weighted by atomic mass is 9.99. The van der Waals surface area contributed by atoms with Gasteiger partial charge in [0.1, 0.15) is 0 Å². The highest BCUT2D eigenvalue weighted by Gasteiger charge is 2.35. The molecule has 132 valence electrons. The Hall–Kier alpha value is -0.620. The minimum atomic E-state index is 0.424. The molecule has 0 aromatic carbocycles. The van der Waals surface area contributed by atoms with E-state index in [4.69, 9.17) is 24.4 Å². The Labute approximate surface area is 152 Å². The lowest BCUT2D eigenvalue weighted by Gasteiger charge is -2.36. The first-order valence-corrected chi connectivity index (χ1v) is 9.71. The van der Waals surface area contributed by atoms with Gasteiger partial charge in [-0.05, 0) is 56.0 Å². The number of hydrogen-bond donors (Lipinski definition) is 2. The quantitative estimate of drug-likeness (QED) is 0.682. The predicted molar refractivity (Wildman–Crippen MR) is 106 cm³/mol. The highest BCUT2D eigenvalue weighted by atomic mass is 32.1. The van der Waals surface area contributed by atoms with Gasteiger partial charge in [-0.3, -0.25) is 0 Å². The van der Waals surface area contributed by atoms with Crippen LogP contribution in [0.1, 0.15) is 47.5 Å². The van der Waals surface area contributed by atoms with Gasteiger partial charge in [-0.2, -0.15) is 0 Å². The molecule has 0 radical (unpaired) electrons. The van der Waals surface area contributed by atoms with E-state index in [2.05, 4.69) is 55.1 Å². The summed E-state index contributed by atoms with van der Waals surface area (Å²) in [4.78, 5) is 4.79. The van der Waals surface area contributed by atoms with E-state index in [1.165, 1.54) is 6.42 Å². The summed E-state index contributed by atoms with van der Waals surface area (Å²) in [6.07, 6.45) is 2.32. The summed E-state index contributed by atoms with van der Waals surface area (Å²) in [7, 11) is 0. The van der Waals surface area contributed by atoms with E-state index in [9.17, 15) is 0 Å². The SMILES string of the molecule is CC(C)CC1CNC(=S)N1CC(CC(C)C)N1CC(C)NC1=S. The second-order valence-corrected chi connectivity index (χ2v) is 8.68. The topological polar surface area (TPSA) is 30.5 Å². The molecule has 0 spiro atoms. The number of thiocarbonyl (C=S) groups is 2. The van der Waals surface area contributed by atoms with Crippen LogP contribution in [0.25, 0.3) is 0 Å². The average Bonchev–Trinajstić information content (AvgIpc) is 2.92. The molecular formula is C17H32N4S2. The fourth-order valence-corrected chi connectivity index (χ4v) is 4.40. The fourth-order valence-electron chi connectivity index (χ4n) is 3.67. The van der Waals surface area contributed by atoms with Gasteiger partial charge in [-0.15, -0.1) is 0 Å². The molecule has 2 aliphatic rings. The second-order valence-electron chi connectivity index (χ2n) is 7.91. The molecule has 4 nitrogen and oxygen atoms in total. The van der Waals surface area contributed by atoms with Crippen LogP contribution in [0.4, 0.5) is 0 Å². The van der Waals surface area contributed by atoms with Gasteiger partial charge in [-0.25, -0.2) is 0 Å². The largest absolute Gasteiger partial charge is 0.360 e. The van der Waals surface area contributed by atoms with E-state index >= 15 is 0 Å². The molecule has 3 atom stereocenters. The molecule has 2 rings (SSSR count). The van der Waals surface area contributed by atoms with Crippen molar-refractivity contribution in [3.8, 4) is 0 Å². The van der Waals surface area contributed by atoms with Gasteiger partial charge in [0.15, 0.2) is 10.2 Å². The third-order valence-corrected chi connectivity index (χ3v) is 5.36. The molecular weight excluding hydrogens is 324 g/mol. The summed E-state index contributed by atoms with van der Waals surface area (Å²) in [5.41, 5.74) is 0. The summed E-state index contributed by atoms with van der Waals surface area (Å²) in [6, 6.07) is 1.37. The predicted octanol–water partition coefficient (Wildman–Crippen LogP) is 2.58. The molecule has 2 saturated heterocycles. The Morgan fingerprint density at radius 1 is 1.13 bits per heavy atom. The third-order valence-electron chi connectivity index (χ3n) is 4.63. The summed E-state index contributed by atoms with van der Waals surface area (Å²) in [6.45, 7) is 14.3. The fraction of sp³-hybridized carbons (Fsp3) is 0.882. The highest BCUT2D eigenvalue weighted by Crippen LogP contribution is 2.22. The van der Waals surface area contributed by atoms with Crippen molar-refractivity contribution < 1.29 is 0 Å². The molecule has 0 aliphatic carbocycles. The van der Waals surface area contributed by atoms with E-state index in [0.29, 0.717) is 30.0 Å². The molecule has 2 heterocycles. The Morgan fingerprint density at radius 2 is 1.83 bits per heavy atom. The first-order chi connectivity index (χ1) is 10.8. The van der Waals surface area contributed by atoms with Gasteiger partial charge in [0.05, 0.1) is 0 Å². The van der Waals surface area contributed by atoms with E-state index in [-0.39, 0.29) is 0 Å². The summed E-state index contributed by atoms with van der Waals surface area (Å²) < 4.78 is 0. The number of hydrogen-bond acceptors (Lipinski definition) is 2. The van der Waals surface area contributed by atoms with Crippen LogP contribution in [0.5, 0.6) is 0 Å². The molecule has 2 N–H and O–H groups in total. The molecule has 2 aliphatic heterocycles. The molecule has 0 saturated carbocycles. The summed E-state index contributed by atoms with van der Waals surface area (Å²) in [5.74, 6) is 1.33. The Balaban J connectivity index is 2.09. The zero-order chi connectivity index (χ0) is 17.1.